The third-order valence-electron chi connectivity index (χ3n) is 11.8. The standard InChI is InChI=1S/C16H21N3O.C14H16FN3O.2C14H18N4O/c1-14(20)8-4-3-7-11-19-13-16(17-18-19)12-15-9-5-2-6-10-15;1-11(19)3-2-4-14-10-18(17-16-14)9-12-5-7-13(15)8-6-12;1-12(19)7-3-2-6-10-18-11-14(16-17-18)13-8-4-5-9-15-13;1-12(19)6-3-2-4-9-18-11-14(16-17-18)13-7-5-8-15-10-13/h2,5-6,9-10,13H,3-4,7-8,11-12H2,1H3;5-8,10H,2-4,9H2,1H3;4-5,8-9,11H,2-3,6-7,10H2,1H3;5,7-8,10-11H,2-4,6,9H2,1H3. The van der Waals surface area contributed by atoms with Gasteiger partial charge in [-0.05, 0) is 127 Å². The number of ketones is 4. The molecule has 77 heavy (non-hydrogen) atoms. The summed E-state index contributed by atoms with van der Waals surface area (Å²) in [5.74, 6) is 0.750. The third kappa shape index (κ3) is 25.3. The molecule has 2 aromatic carbocycles. The second-order valence-corrected chi connectivity index (χ2v) is 19.0. The van der Waals surface area contributed by atoms with Gasteiger partial charge in [-0.15, -0.1) is 20.4 Å². The van der Waals surface area contributed by atoms with Crippen molar-refractivity contribution in [2.24, 2.45) is 0 Å². The van der Waals surface area contributed by atoms with Gasteiger partial charge in [-0.2, -0.15) is 0 Å². The van der Waals surface area contributed by atoms with E-state index in [-0.39, 0.29) is 29.0 Å². The Morgan fingerprint density at radius 2 is 0.961 bits per heavy atom. The van der Waals surface area contributed by atoms with Gasteiger partial charge >= 0.3 is 0 Å². The van der Waals surface area contributed by atoms with E-state index < -0.39 is 0 Å². The number of carbonyl (C=O) groups excluding carboxylic acids is 4. The zero-order valence-electron chi connectivity index (χ0n) is 45.0. The van der Waals surface area contributed by atoms with E-state index in [9.17, 15) is 23.6 Å². The summed E-state index contributed by atoms with van der Waals surface area (Å²) < 4.78 is 20.1. The highest BCUT2D eigenvalue weighted by Crippen LogP contribution is 2.15. The van der Waals surface area contributed by atoms with Crippen LogP contribution < -0.4 is 0 Å². The molecule has 19 heteroatoms. The summed E-state index contributed by atoms with van der Waals surface area (Å²) in [4.78, 5) is 51.6. The fraction of sp³-hybridized carbons (Fsp3) is 0.414. The SMILES string of the molecule is CC(=O)CCCCCn1cc(-c2ccccn2)nn1.CC(=O)CCCCCn1cc(-c2cccnc2)nn1.CC(=O)CCCCCn1cc(Cc2ccccc2)nn1.CC(=O)CCCc1cn(Cc2ccc(F)cc2)nn1. The summed E-state index contributed by atoms with van der Waals surface area (Å²) in [5.41, 5.74) is 7.56. The van der Waals surface area contributed by atoms with Crippen LogP contribution >= 0.6 is 0 Å². The van der Waals surface area contributed by atoms with Crippen LogP contribution in [-0.4, -0.2) is 93.1 Å². The Balaban J connectivity index is 0.000000189. The number of hydrogen-bond donors (Lipinski definition) is 0. The summed E-state index contributed by atoms with van der Waals surface area (Å²) in [6.45, 7) is 9.62. The predicted octanol–water partition coefficient (Wildman–Crippen LogP) is 10.4. The van der Waals surface area contributed by atoms with Gasteiger partial charge in [0.2, 0.25) is 0 Å². The average molecular weight is 1050 g/mol. The molecule has 8 aromatic rings. The van der Waals surface area contributed by atoms with Crippen molar-refractivity contribution in [1.29, 1.82) is 0 Å². The molecule has 0 atom stereocenters. The zero-order chi connectivity index (χ0) is 54.9. The molecule has 6 heterocycles. The van der Waals surface area contributed by atoms with Crippen LogP contribution in [0.15, 0.2) is 128 Å². The minimum atomic E-state index is -0.243. The Bertz CT molecular complexity index is 2820. The maximum atomic E-state index is 12.8. The van der Waals surface area contributed by atoms with Crippen molar-refractivity contribution in [2.75, 3.05) is 0 Å². The number of hydrogen-bond acceptors (Lipinski definition) is 14. The highest BCUT2D eigenvalue weighted by molar-refractivity contribution is 5.76. The number of aromatic nitrogens is 14. The Labute approximate surface area is 450 Å². The smallest absolute Gasteiger partial charge is 0.131 e. The fourth-order valence-electron chi connectivity index (χ4n) is 7.73. The summed E-state index contributed by atoms with van der Waals surface area (Å²) in [6, 6.07) is 26.2. The molecule has 0 spiro atoms. The van der Waals surface area contributed by atoms with Crippen molar-refractivity contribution in [3.63, 3.8) is 0 Å². The first-order chi connectivity index (χ1) is 37.4. The van der Waals surface area contributed by atoms with Gasteiger partial charge in [0.15, 0.2) is 0 Å². The van der Waals surface area contributed by atoms with Gasteiger partial charge in [0.05, 0.1) is 36.0 Å². The van der Waals surface area contributed by atoms with Gasteiger partial charge in [-0.3, -0.25) is 24.0 Å². The number of pyridine rings is 2. The van der Waals surface area contributed by atoms with E-state index in [2.05, 4.69) is 63.3 Å². The van der Waals surface area contributed by atoms with Crippen molar-refractivity contribution < 1.29 is 23.6 Å². The first-order valence-corrected chi connectivity index (χ1v) is 26.5. The zero-order valence-corrected chi connectivity index (χ0v) is 45.0. The number of halogens is 1. The molecule has 8 rings (SSSR count). The second-order valence-electron chi connectivity index (χ2n) is 19.0. The van der Waals surface area contributed by atoms with Gasteiger partial charge in [0.25, 0.3) is 0 Å². The molecule has 0 bridgehead atoms. The molecule has 0 radical (unpaired) electrons. The number of rotatable bonds is 28. The highest BCUT2D eigenvalue weighted by atomic mass is 19.1. The Kier molecular flexibility index (Phi) is 26.8. The maximum absolute atomic E-state index is 12.8. The van der Waals surface area contributed by atoms with Crippen molar-refractivity contribution in [3.8, 4) is 22.6 Å². The quantitative estimate of drug-likeness (QED) is 0.0417. The van der Waals surface area contributed by atoms with E-state index in [1.807, 2.05) is 87.4 Å². The summed E-state index contributed by atoms with van der Waals surface area (Å²) >= 11 is 0. The lowest BCUT2D eigenvalue weighted by Gasteiger charge is -2.00. The number of carbonyl (C=O) groups is 4. The molecule has 0 aliphatic carbocycles. The molecule has 406 valence electrons. The number of Topliss-reactive ketones (excluding diaryl/α,β-unsaturated/α-hetero) is 4. The van der Waals surface area contributed by atoms with Crippen LogP contribution in [0.5, 0.6) is 0 Å². The van der Waals surface area contributed by atoms with E-state index in [1.165, 1.54) is 17.7 Å². The Morgan fingerprint density at radius 3 is 1.53 bits per heavy atom. The summed E-state index contributed by atoms with van der Waals surface area (Å²) in [6.07, 6.45) is 27.1. The van der Waals surface area contributed by atoms with Crippen molar-refractivity contribution >= 4 is 23.1 Å². The lowest BCUT2D eigenvalue weighted by atomic mass is 10.1. The van der Waals surface area contributed by atoms with Crippen LogP contribution in [0.25, 0.3) is 22.6 Å². The number of nitrogens with zero attached hydrogens (tertiary/aromatic N) is 14. The fourth-order valence-corrected chi connectivity index (χ4v) is 7.73. The molecule has 0 aliphatic rings. The minimum absolute atomic E-state index is 0.193. The predicted molar refractivity (Wildman–Crippen MR) is 292 cm³/mol. The van der Waals surface area contributed by atoms with Crippen LogP contribution in [0.1, 0.15) is 140 Å². The monoisotopic (exact) mass is 1050 g/mol. The van der Waals surface area contributed by atoms with Crippen LogP contribution in [0.3, 0.4) is 0 Å². The van der Waals surface area contributed by atoms with Gasteiger partial charge in [0, 0.05) is 88.3 Å². The lowest BCUT2D eigenvalue weighted by Crippen LogP contribution is -2.00. The largest absolute Gasteiger partial charge is 0.300 e. The molecule has 0 aliphatic heterocycles. The molecule has 0 unspecified atom stereocenters. The summed E-state index contributed by atoms with van der Waals surface area (Å²) in [5, 5.41) is 32.8. The molecule has 0 saturated carbocycles. The van der Waals surface area contributed by atoms with Crippen LogP contribution in [0, 0.1) is 5.82 Å². The molecule has 0 N–H and O–H groups in total. The normalized spacial score (nSPS) is 10.6. The highest BCUT2D eigenvalue weighted by Gasteiger charge is 2.08. The average Bonchev–Trinajstić information content (AvgIpc) is 4.28. The first-order valence-electron chi connectivity index (χ1n) is 26.5. The van der Waals surface area contributed by atoms with E-state index in [4.69, 9.17) is 0 Å². The van der Waals surface area contributed by atoms with Crippen molar-refractivity contribution in [1.82, 2.24) is 69.9 Å². The van der Waals surface area contributed by atoms with Gasteiger partial charge in [0.1, 0.15) is 40.3 Å². The Morgan fingerprint density at radius 1 is 0.442 bits per heavy atom. The molecule has 0 saturated heterocycles. The molecule has 0 fully saturated rings. The second kappa shape index (κ2) is 34.5. The minimum Gasteiger partial charge on any atom is -0.300 e. The summed E-state index contributed by atoms with van der Waals surface area (Å²) in [7, 11) is 0. The van der Waals surface area contributed by atoms with Crippen LogP contribution in [-0.2, 0) is 58.2 Å². The molecule has 6 aromatic heterocycles. The van der Waals surface area contributed by atoms with Crippen molar-refractivity contribution in [3.05, 3.63) is 157 Å². The van der Waals surface area contributed by atoms with E-state index in [0.29, 0.717) is 32.2 Å². The first kappa shape index (κ1) is 59.8. The number of benzene rings is 2. The molecular formula is C58H73FN14O4. The van der Waals surface area contributed by atoms with Crippen molar-refractivity contribution in [2.45, 2.75) is 157 Å². The van der Waals surface area contributed by atoms with Gasteiger partial charge < -0.3 is 19.2 Å². The lowest BCUT2D eigenvalue weighted by molar-refractivity contribution is -0.117. The number of unbranched alkanes of at least 4 members (excludes halogenated alkanes) is 6. The van der Waals surface area contributed by atoms with Gasteiger partial charge in [-0.1, -0.05) is 88.6 Å². The molecule has 0 amide bonds. The van der Waals surface area contributed by atoms with Gasteiger partial charge in [-0.25, -0.2) is 9.07 Å². The molecular weight excluding hydrogens is 976 g/mol. The number of aryl methyl sites for hydroxylation is 4. The van der Waals surface area contributed by atoms with Crippen LogP contribution in [0.4, 0.5) is 4.39 Å². The Hall–Kier alpha value is -8.09. The van der Waals surface area contributed by atoms with E-state index in [0.717, 1.165) is 136 Å². The molecule has 18 nitrogen and oxygen atoms in total. The third-order valence-corrected chi connectivity index (χ3v) is 11.8. The topological polar surface area (TPSA) is 217 Å². The maximum Gasteiger partial charge on any atom is 0.131 e. The van der Waals surface area contributed by atoms with Crippen LogP contribution in [0.2, 0.25) is 0 Å². The van der Waals surface area contributed by atoms with E-state index in [1.54, 1.807) is 63.1 Å². The van der Waals surface area contributed by atoms with E-state index >= 15 is 0 Å².